The molecule has 31 heavy (non-hydrogen) atoms. The van der Waals surface area contributed by atoms with Gasteiger partial charge in [0.2, 0.25) is 0 Å². The molecule has 2 aromatic heterocycles. The van der Waals surface area contributed by atoms with Gasteiger partial charge in [0.05, 0.1) is 29.8 Å². The van der Waals surface area contributed by atoms with Crippen molar-refractivity contribution in [2.75, 3.05) is 13.7 Å². The predicted octanol–water partition coefficient (Wildman–Crippen LogP) is 4.64. The number of aryl methyl sites for hydroxylation is 2. The van der Waals surface area contributed by atoms with Gasteiger partial charge in [0, 0.05) is 12.2 Å². The molecule has 0 radical (unpaired) electrons. The number of carbonyl (C=O) groups excluding carboxylic acids is 1. The molecule has 1 amide bonds. The molecule has 5 rings (SSSR count). The van der Waals surface area contributed by atoms with Crippen molar-refractivity contribution in [1.29, 1.82) is 0 Å². The van der Waals surface area contributed by atoms with Crippen molar-refractivity contribution in [3.8, 4) is 5.75 Å². The molecule has 0 N–H and O–H groups in total. The van der Waals surface area contributed by atoms with Gasteiger partial charge in [0.25, 0.3) is 11.6 Å². The van der Waals surface area contributed by atoms with Crippen molar-refractivity contribution in [3.63, 3.8) is 0 Å². The van der Waals surface area contributed by atoms with Gasteiger partial charge in [0.15, 0.2) is 0 Å². The van der Waals surface area contributed by atoms with E-state index in [1.807, 2.05) is 55.1 Å². The smallest absolute Gasteiger partial charge is 0.258 e. The number of amides is 1. The number of ether oxygens (including phenoxy) is 1. The fraction of sp³-hybridized carbons (Fsp3) is 0.240. The molecule has 6 heteroatoms. The van der Waals surface area contributed by atoms with Crippen LogP contribution in [0.2, 0.25) is 0 Å². The maximum atomic E-state index is 14.0. The number of rotatable bonds is 3. The summed E-state index contributed by atoms with van der Waals surface area (Å²) in [5.41, 5.74) is 5.79. The Kier molecular flexibility index (Phi) is 4.70. The number of hydrogen-bond donors (Lipinski definition) is 0. The second-order valence-electron chi connectivity index (χ2n) is 7.89. The van der Waals surface area contributed by atoms with Gasteiger partial charge >= 0.3 is 0 Å². The molecule has 0 unspecified atom stereocenters. The Bertz CT molecular complexity index is 1290. The number of carbonyl (C=O) groups is 1. The monoisotopic (exact) mass is 413 g/mol. The highest BCUT2D eigenvalue weighted by molar-refractivity contribution is 6.06. The summed E-state index contributed by atoms with van der Waals surface area (Å²) in [7, 11) is 1.65. The lowest BCUT2D eigenvalue weighted by Crippen LogP contribution is -2.40. The Morgan fingerprint density at radius 1 is 1.13 bits per heavy atom. The van der Waals surface area contributed by atoms with Crippen LogP contribution in [0.3, 0.4) is 0 Å². The van der Waals surface area contributed by atoms with E-state index in [1.54, 1.807) is 7.11 Å². The molecule has 1 aliphatic rings. The standard InChI is InChI=1S/C25H23N3O3/c1-15-13-21(22-16(2)27-31-24(22)26-15)25(29)28-12-11-17-7-4-5-10-20(17)23(28)18-8-6-9-19(14-18)30-3/h4-10,13-14,23H,11-12H2,1-3H3/t23-/m1/s1. The normalized spacial score (nSPS) is 15.7. The topological polar surface area (TPSA) is 68.5 Å². The van der Waals surface area contributed by atoms with Crippen LogP contribution >= 0.6 is 0 Å². The zero-order valence-electron chi connectivity index (χ0n) is 17.8. The summed E-state index contributed by atoms with van der Waals surface area (Å²) in [5.74, 6) is 0.717. The molecular formula is C25H23N3O3. The van der Waals surface area contributed by atoms with Crippen molar-refractivity contribution in [2.45, 2.75) is 26.3 Å². The molecule has 0 saturated carbocycles. The molecule has 0 fully saturated rings. The van der Waals surface area contributed by atoms with Gasteiger partial charge in [-0.25, -0.2) is 4.98 Å². The summed E-state index contributed by atoms with van der Waals surface area (Å²) in [4.78, 5) is 20.3. The highest BCUT2D eigenvalue weighted by atomic mass is 16.5. The minimum absolute atomic E-state index is 0.0517. The molecule has 156 valence electrons. The van der Waals surface area contributed by atoms with Crippen LogP contribution in [0.1, 0.15) is 44.5 Å². The molecule has 1 atom stereocenters. The average Bonchev–Trinajstić information content (AvgIpc) is 3.17. The molecule has 0 aliphatic carbocycles. The Morgan fingerprint density at radius 2 is 1.97 bits per heavy atom. The van der Waals surface area contributed by atoms with Crippen molar-refractivity contribution >= 4 is 17.0 Å². The summed E-state index contributed by atoms with van der Waals surface area (Å²) in [5, 5.41) is 4.72. The molecule has 3 heterocycles. The van der Waals surface area contributed by atoms with E-state index in [9.17, 15) is 4.79 Å². The first-order chi connectivity index (χ1) is 15.1. The van der Waals surface area contributed by atoms with Gasteiger partial charge in [0.1, 0.15) is 5.75 Å². The van der Waals surface area contributed by atoms with E-state index in [0.29, 0.717) is 28.9 Å². The van der Waals surface area contributed by atoms with Crippen molar-refractivity contribution < 1.29 is 14.1 Å². The van der Waals surface area contributed by atoms with Crippen LogP contribution in [-0.2, 0) is 6.42 Å². The van der Waals surface area contributed by atoms with Crippen LogP contribution in [0.15, 0.2) is 59.1 Å². The van der Waals surface area contributed by atoms with Gasteiger partial charge in [-0.2, -0.15) is 0 Å². The number of nitrogens with zero attached hydrogens (tertiary/aromatic N) is 3. The quantitative estimate of drug-likeness (QED) is 0.490. The molecule has 2 aromatic carbocycles. The number of pyridine rings is 1. The fourth-order valence-corrected chi connectivity index (χ4v) is 4.50. The Labute approximate surface area is 180 Å². The number of aromatic nitrogens is 2. The van der Waals surface area contributed by atoms with E-state index in [4.69, 9.17) is 9.26 Å². The minimum atomic E-state index is -0.212. The molecule has 0 spiro atoms. The maximum absolute atomic E-state index is 14.0. The summed E-state index contributed by atoms with van der Waals surface area (Å²) >= 11 is 0. The third kappa shape index (κ3) is 3.24. The van der Waals surface area contributed by atoms with Gasteiger partial charge < -0.3 is 14.2 Å². The first-order valence-corrected chi connectivity index (χ1v) is 10.3. The van der Waals surface area contributed by atoms with Crippen LogP contribution in [-0.4, -0.2) is 34.6 Å². The predicted molar refractivity (Wildman–Crippen MR) is 117 cm³/mol. The number of methoxy groups -OCH3 is 1. The van der Waals surface area contributed by atoms with Crippen LogP contribution in [0.5, 0.6) is 5.75 Å². The van der Waals surface area contributed by atoms with Crippen LogP contribution in [0, 0.1) is 13.8 Å². The summed E-state index contributed by atoms with van der Waals surface area (Å²) < 4.78 is 10.8. The third-order valence-corrected chi connectivity index (χ3v) is 5.93. The Hall–Kier alpha value is -3.67. The molecule has 6 nitrogen and oxygen atoms in total. The second kappa shape index (κ2) is 7.54. The van der Waals surface area contributed by atoms with E-state index < -0.39 is 0 Å². The fourth-order valence-electron chi connectivity index (χ4n) is 4.50. The Morgan fingerprint density at radius 3 is 2.81 bits per heavy atom. The molecular weight excluding hydrogens is 390 g/mol. The summed E-state index contributed by atoms with van der Waals surface area (Å²) in [6.07, 6.45) is 0.804. The third-order valence-electron chi connectivity index (χ3n) is 5.93. The largest absolute Gasteiger partial charge is 0.497 e. The maximum Gasteiger partial charge on any atom is 0.258 e. The average molecular weight is 413 g/mol. The van der Waals surface area contributed by atoms with E-state index >= 15 is 0 Å². The highest BCUT2D eigenvalue weighted by Gasteiger charge is 2.34. The molecule has 1 aliphatic heterocycles. The van der Waals surface area contributed by atoms with E-state index in [1.165, 1.54) is 5.56 Å². The van der Waals surface area contributed by atoms with Gasteiger partial charge in [-0.15, -0.1) is 0 Å². The molecule has 0 saturated heterocycles. The first-order valence-electron chi connectivity index (χ1n) is 10.3. The lowest BCUT2D eigenvalue weighted by Gasteiger charge is -2.38. The van der Waals surface area contributed by atoms with Gasteiger partial charge in [-0.3, -0.25) is 4.79 Å². The van der Waals surface area contributed by atoms with E-state index in [0.717, 1.165) is 29.0 Å². The number of fused-ring (bicyclic) bond motifs is 2. The van der Waals surface area contributed by atoms with E-state index in [-0.39, 0.29) is 11.9 Å². The Balaban J connectivity index is 1.67. The lowest BCUT2D eigenvalue weighted by atomic mass is 9.87. The number of hydrogen-bond acceptors (Lipinski definition) is 5. The van der Waals surface area contributed by atoms with Crippen LogP contribution in [0.4, 0.5) is 0 Å². The zero-order valence-corrected chi connectivity index (χ0v) is 17.8. The minimum Gasteiger partial charge on any atom is -0.497 e. The first kappa shape index (κ1) is 19.3. The summed E-state index contributed by atoms with van der Waals surface area (Å²) in [6, 6.07) is 17.9. The SMILES string of the molecule is COc1cccc([C@@H]2c3ccccc3CCN2C(=O)c2cc(C)nc3onc(C)c23)c1. The lowest BCUT2D eigenvalue weighted by molar-refractivity contribution is 0.0696. The van der Waals surface area contributed by atoms with Gasteiger partial charge in [-0.1, -0.05) is 41.6 Å². The van der Waals surface area contributed by atoms with Crippen LogP contribution < -0.4 is 4.74 Å². The summed E-state index contributed by atoms with van der Waals surface area (Å²) in [6.45, 7) is 4.31. The zero-order chi connectivity index (χ0) is 21.5. The number of benzene rings is 2. The molecule has 0 bridgehead atoms. The van der Waals surface area contributed by atoms with Crippen molar-refractivity contribution in [2.24, 2.45) is 0 Å². The van der Waals surface area contributed by atoms with Crippen molar-refractivity contribution in [1.82, 2.24) is 15.0 Å². The second-order valence-corrected chi connectivity index (χ2v) is 7.89. The molecule has 4 aromatic rings. The van der Waals surface area contributed by atoms with Crippen LogP contribution in [0.25, 0.3) is 11.1 Å². The van der Waals surface area contributed by atoms with E-state index in [2.05, 4.69) is 28.3 Å². The van der Waals surface area contributed by atoms with Gasteiger partial charge in [-0.05, 0) is 55.2 Å². The highest BCUT2D eigenvalue weighted by Crippen LogP contribution is 2.38. The van der Waals surface area contributed by atoms with Crippen molar-refractivity contribution in [3.05, 3.63) is 88.2 Å².